The maximum Gasteiger partial charge on any atom is 0.255 e. The number of carbonyl (C=O) groups excluding carboxylic acids is 1. The minimum Gasteiger partial charge on any atom is -0.338 e. The Kier molecular flexibility index (Phi) is 6.77. The zero-order valence-corrected chi connectivity index (χ0v) is 12.9. The Hall–Kier alpha value is -0.840. The highest BCUT2D eigenvalue weighted by Gasteiger charge is 2.35. The van der Waals surface area contributed by atoms with Gasteiger partial charge >= 0.3 is 0 Å². The Morgan fingerprint density at radius 3 is 2.74 bits per heavy atom. The molecule has 1 fully saturated rings. The summed E-state index contributed by atoms with van der Waals surface area (Å²) in [5, 5.41) is 0. The van der Waals surface area contributed by atoms with E-state index in [9.17, 15) is 4.79 Å². The fourth-order valence-corrected chi connectivity index (χ4v) is 2.24. The second kappa shape index (κ2) is 7.08. The average molecular weight is 306 g/mol. The number of amides is 1. The summed E-state index contributed by atoms with van der Waals surface area (Å²) in [7, 11) is 0. The van der Waals surface area contributed by atoms with Crippen molar-refractivity contribution >= 4 is 30.7 Å². The molecular formula is C13H21Cl2N3O. The van der Waals surface area contributed by atoms with E-state index in [0.29, 0.717) is 12.1 Å². The Morgan fingerprint density at radius 2 is 2.21 bits per heavy atom. The summed E-state index contributed by atoms with van der Waals surface area (Å²) in [6.07, 6.45) is 2.69. The molecule has 1 amide bonds. The maximum atomic E-state index is 12.3. The minimum absolute atomic E-state index is 0. The second-order valence-corrected chi connectivity index (χ2v) is 5.13. The Bertz CT molecular complexity index is 442. The maximum absolute atomic E-state index is 12.3. The largest absolute Gasteiger partial charge is 0.338 e. The Labute approximate surface area is 126 Å². The molecule has 6 heteroatoms. The van der Waals surface area contributed by atoms with E-state index in [4.69, 9.17) is 5.73 Å². The van der Waals surface area contributed by atoms with Gasteiger partial charge in [-0.05, 0) is 37.4 Å². The Morgan fingerprint density at radius 1 is 1.53 bits per heavy atom. The molecule has 1 unspecified atom stereocenters. The van der Waals surface area contributed by atoms with Crippen LogP contribution in [0, 0.1) is 12.3 Å². The summed E-state index contributed by atoms with van der Waals surface area (Å²) >= 11 is 0. The van der Waals surface area contributed by atoms with Crippen molar-refractivity contribution in [2.24, 2.45) is 11.1 Å². The smallest absolute Gasteiger partial charge is 0.255 e. The lowest BCUT2D eigenvalue weighted by atomic mass is 9.90. The third-order valence-electron chi connectivity index (χ3n) is 3.58. The highest BCUT2D eigenvalue weighted by atomic mass is 35.5. The molecule has 0 aliphatic carbocycles. The van der Waals surface area contributed by atoms with E-state index in [1.807, 2.05) is 17.9 Å². The van der Waals surface area contributed by atoms with E-state index in [2.05, 4.69) is 11.9 Å². The van der Waals surface area contributed by atoms with Crippen molar-refractivity contribution < 1.29 is 4.79 Å². The zero-order valence-electron chi connectivity index (χ0n) is 11.3. The van der Waals surface area contributed by atoms with Crippen LogP contribution in [0.1, 0.15) is 29.4 Å². The summed E-state index contributed by atoms with van der Waals surface area (Å²) in [4.78, 5) is 18.4. The van der Waals surface area contributed by atoms with Crippen LogP contribution in [-0.4, -0.2) is 35.4 Å². The van der Waals surface area contributed by atoms with Crippen LogP contribution in [0.2, 0.25) is 0 Å². The molecule has 1 aliphatic heterocycles. The van der Waals surface area contributed by atoms with Gasteiger partial charge in [-0.15, -0.1) is 24.8 Å². The average Bonchev–Trinajstić information content (AvgIpc) is 2.73. The van der Waals surface area contributed by atoms with Crippen LogP contribution in [0.5, 0.6) is 0 Å². The number of nitrogens with zero attached hydrogens (tertiary/aromatic N) is 2. The number of aromatic nitrogens is 1. The fraction of sp³-hybridized carbons (Fsp3) is 0.538. The van der Waals surface area contributed by atoms with E-state index in [-0.39, 0.29) is 36.1 Å². The molecule has 19 heavy (non-hydrogen) atoms. The third kappa shape index (κ3) is 3.81. The van der Waals surface area contributed by atoms with Crippen molar-refractivity contribution in [3.63, 3.8) is 0 Å². The monoisotopic (exact) mass is 305 g/mol. The molecule has 108 valence electrons. The van der Waals surface area contributed by atoms with Gasteiger partial charge in [-0.3, -0.25) is 9.78 Å². The molecule has 0 bridgehead atoms. The van der Waals surface area contributed by atoms with E-state index in [0.717, 1.165) is 25.2 Å². The highest BCUT2D eigenvalue weighted by molar-refractivity contribution is 5.95. The Balaban J connectivity index is 0.00000162. The van der Waals surface area contributed by atoms with Gasteiger partial charge in [-0.1, -0.05) is 6.92 Å². The standard InChI is InChI=1S/C13H19N3O.2ClH/c1-10-11(4-3-6-15-10)12(17)16-7-5-13(2,8-14)9-16;;/h3-4,6H,5,7-9,14H2,1-2H3;2*1H. The van der Waals surface area contributed by atoms with Crippen molar-refractivity contribution in [1.82, 2.24) is 9.88 Å². The van der Waals surface area contributed by atoms with Crippen molar-refractivity contribution in [1.29, 1.82) is 0 Å². The molecule has 4 nitrogen and oxygen atoms in total. The van der Waals surface area contributed by atoms with Crippen LogP contribution in [0.15, 0.2) is 18.3 Å². The van der Waals surface area contributed by atoms with Crippen LogP contribution in [0.25, 0.3) is 0 Å². The van der Waals surface area contributed by atoms with Crippen molar-refractivity contribution in [2.45, 2.75) is 20.3 Å². The molecule has 2 rings (SSSR count). The molecule has 0 spiro atoms. The summed E-state index contributed by atoms with van der Waals surface area (Å²) in [6.45, 7) is 6.17. The third-order valence-corrected chi connectivity index (χ3v) is 3.58. The summed E-state index contributed by atoms with van der Waals surface area (Å²) < 4.78 is 0. The molecule has 1 aromatic heterocycles. The molecular weight excluding hydrogens is 285 g/mol. The van der Waals surface area contributed by atoms with Gasteiger partial charge in [0.25, 0.3) is 5.91 Å². The number of likely N-dealkylation sites (tertiary alicyclic amines) is 1. The first-order valence-electron chi connectivity index (χ1n) is 5.97. The molecule has 1 saturated heterocycles. The molecule has 0 radical (unpaired) electrons. The summed E-state index contributed by atoms with van der Waals surface area (Å²) in [5.74, 6) is 0.0766. The van der Waals surface area contributed by atoms with Crippen LogP contribution < -0.4 is 5.73 Å². The number of aryl methyl sites for hydroxylation is 1. The lowest BCUT2D eigenvalue weighted by molar-refractivity contribution is 0.0775. The molecule has 1 aromatic rings. The van der Waals surface area contributed by atoms with Gasteiger partial charge in [-0.25, -0.2) is 0 Å². The molecule has 2 heterocycles. The lowest BCUT2D eigenvalue weighted by Gasteiger charge is -2.22. The molecule has 0 saturated carbocycles. The van der Waals surface area contributed by atoms with Crippen LogP contribution >= 0.6 is 24.8 Å². The van der Waals surface area contributed by atoms with Crippen LogP contribution in [-0.2, 0) is 0 Å². The lowest BCUT2D eigenvalue weighted by Crippen LogP contribution is -2.34. The second-order valence-electron chi connectivity index (χ2n) is 5.13. The number of halogens is 2. The first-order valence-corrected chi connectivity index (χ1v) is 5.97. The van der Waals surface area contributed by atoms with Crippen molar-refractivity contribution in [2.75, 3.05) is 19.6 Å². The van der Waals surface area contributed by atoms with Gasteiger partial charge < -0.3 is 10.6 Å². The number of nitrogens with two attached hydrogens (primary N) is 1. The number of hydrogen-bond acceptors (Lipinski definition) is 3. The van der Waals surface area contributed by atoms with Gasteiger partial charge in [-0.2, -0.15) is 0 Å². The highest BCUT2D eigenvalue weighted by Crippen LogP contribution is 2.29. The summed E-state index contributed by atoms with van der Waals surface area (Å²) in [6, 6.07) is 3.64. The number of hydrogen-bond donors (Lipinski definition) is 1. The van der Waals surface area contributed by atoms with E-state index in [1.165, 1.54) is 0 Å². The van der Waals surface area contributed by atoms with E-state index >= 15 is 0 Å². The molecule has 1 atom stereocenters. The SMILES string of the molecule is Cc1ncccc1C(=O)N1CCC(C)(CN)C1.Cl.Cl. The minimum atomic E-state index is 0. The van der Waals surface area contributed by atoms with Gasteiger partial charge in [0.1, 0.15) is 0 Å². The van der Waals surface area contributed by atoms with E-state index < -0.39 is 0 Å². The zero-order chi connectivity index (χ0) is 12.5. The predicted octanol–water partition coefficient (Wildman–Crippen LogP) is 2.04. The number of pyridine rings is 1. The van der Waals surface area contributed by atoms with Gasteiger partial charge in [0, 0.05) is 25.0 Å². The quantitative estimate of drug-likeness (QED) is 0.909. The number of carbonyl (C=O) groups is 1. The van der Waals surface area contributed by atoms with Gasteiger partial charge in [0.2, 0.25) is 0 Å². The molecule has 1 aliphatic rings. The molecule has 0 aromatic carbocycles. The van der Waals surface area contributed by atoms with Crippen LogP contribution in [0.3, 0.4) is 0 Å². The van der Waals surface area contributed by atoms with Crippen molar-refractivity contribution in [3.8, 4) is 0 Å². The first kappa shape index (κ1) is 18.2. The normalized spacial score (nSPS) is 21.5. The first-order chi connectivity index (χ1) is 8.06. The summed E-state index contributed by atoms with van der Waals surface area (Å²) in [5.41, 5.74) is 7.32. The topological polar surface area (TPSA) is 59.2 Å². The van der Waals surface area contributed by atoms with Gasteiger partial charge in [0.15, 0.2) is 0 Å². The predicted molar refractivity (Wildman–Crippen MR) is 81.2 cm³/mol. The van der Waals surface area contributed by atoms with Gasteiger partial charge in [0.05, 0.1) is 5.56 Å². The number of rotatable bonds is 2. The molecule has 2 N–H and O–H groups in total. The fourth-order valence-electron chi connectivity index (χ4n) is 2.24. The van der Waals surface area contributed by atoms with E-state index in [1.54, 1.807) is 12.3 Å². The van der Waals surface area contributed by atoms with Crippen LogP contribution in [0.4, 0.5) is 0 Å². The van der Waals surface area contributed by atoms with Crippen molar-refractivity contribution in [3.05, 3.63) is 29.6 Å².